The van der Waals surface area contributed by atoms with E-state index in [0.29, 0.717) is 18.6 Å². The van der Waals surface area contributed by atoms with Gasteiger partial charge in [0, 0.05) is 25.1 Å². The Labute approximate surface area is 125 Å². The smallest absolute Gasteiger partial charge is 0.330 e. The number of hydrogen-bond acceptors (Lipinski definition) is 7. The third-order valence-corrected chi connectivity index (χ3v) is 3.78. The Morgan fingerprint density at radius 2 is 2.23 bits per heavy atom. The molecular weight excluding hydrogens is 294 g/mol. The predicted octanol–water partition coefficient (Wildman–Crippen LogP) is -0.731. The third-order valence-electron chi connectivity index (χ3n) is 3.78. The Morgan fingerprint density at radius 3 is 2.95 bits per heavy atom. The topological polar surface area (TPSA) is 103 Å². The van der Waals surface area contributed by atoms with Crippen molar-refractivity contribution in [2.45, 2.75) is 38.6 Å². The van der Waals surface area contributed by atoms with Gasteiger partial charge in [-0.1, -0.05) is 0 Å². The van der Waals surface area contributed by atoms with Crippen LogP contribution >= 0.6 is 0 Å². The first-order chi connectivity index (χ1) is 10.5. The number of H-pyrrole nitrogens is 1. The number of aryl methyl sites for hydroxylation is 1. The van der Waals surface area contributed by atoms with E-state index in [4.69, 9.17) is 14.3 Å². The molecule has 0 amide bonds. The number of hydroxylamine groups is 2. The van der Waals surface area contributed by atoms with E-state index in [-0.39, 0.29) is 18.9 Å². The average molecular weight is 311 g/mol. The van der Waals surface area contributed by atoms with Crippen LogP contribution in [-0.2, 0) is 19.1 Å². The zero-order valence-corrected chi connectivity index (χ0v) is 12.3. The van der Waals surface area contributed by atoms with Crippen LogP contribution in [0.2, 0.25) is 0 Å². The summed E-state index contributed by atoms with van der Waals surface area (Å²) in [4.78, 5) is 41.9. The molecule has 0 spiro atoms. The molecule has 2 aliphatic heterocycles. The van der Waals surface area contributed by atoms with E-state index in [9.17, 15) is 14.4 Å². The van der Waals surface area contributed by atoms with Gasteiger partial charge in [-0.05, 0) is 6.92 Å². The lowest BCUT2D eigenvalue weighted by molar-refractivity contribution is -0.257. The largest absolute Gasteiger partial charge is 0.366 e. The fourth-order valence-electron chi connectivity index (χ4n) is 2.75. The zero-order chi connectivity index (χ0) is 15.9. The Kier molecular flexibility index (Phi) is 3.85. The molecule has 0 aromatic carbocycles. The van der Waals surface area contributed by atoms with Crippen molar-refractivity contribution in [1.29, 1.82) is 0 Å². The lowest BCUT2D eigenvalue weighted by Gasteiger charge is -2.33. The molecule has 3 heterocycles. The SMILES string of the molecule is CC(=O)ON1COC[C@H]2O[C@@H](n3cc(C)c(=O)[nH]c3=O)C[C@@H]21. The first-order valence-electron chi connectivity index (χ1n) is 6.96. The van der Waals surface area contributed by atoms with Gasteiger partial charge in [-0.3, -0.25) is 19.1 Å². The van der Waals surface area contributed by atoms with Crippen LogP contribution in [0.1, 0.15) is 25.1 Å². The minimum atomic E-state index is -0.544. The summed E-state index contributed by atoms with van der Waals surface area (Å²) < 4.78 is 12.5. The Bertz CT molecular complexity index is 696. The highest BCUT2D eigenvalue weighted by molar-refractivity contribution is 5.65. The van der Waals surface area contributed by atoms with Gasteiger partial charge in [0.2, 0.25) is 0 Å². The minimum absolute atomic E-state index is 0.163. The number of ether oxygens (including phenoxy) is 2. The second-order valence-corrected chi connectivity index (χ2v) is 5.41. The van der Waals surface area contributed by atoms with Gasteiger partial charge < -0.3 is 14.3 Å². The highest BCUT2D eigenvalue weighted by Gasteiger charge is 2.44. The van der Waals surface area contributed by atoms with Crippen molar-refractivity contribution < 1.29 is 19.1 Å². The summed E-state index contributed by atoms with van der Waals surface area (Å²) in [5.74, 6) is -0.440. The third kappa shape index (κ3) is 2.70. The second-order valence-electron chi connectivity index (χ2n) is 5.41. The first kappa shape index (κ1) is 14.9. The quantitative estimate of drug-likeness (QED) is 0.768. The van der Waals surface area contributed by atoms with E-state index < -0.39 is 23.4 Å². The van der Waals surface area contributed by atoms with Gasteiger partial charge in [0.1, 0.15) is 19.1 Å². The summed E-state index contributed by atoms with van der Waals surface area (Å²) in [6, 6.07) is -0.193. The summed E-state index contributed by atoms with van der Waals surface area (Å²) in [7, 11) is 0. The monoisotopic (exact) mass is 311 g/mol. The molecule has 3 rings (SSSR count). The van der Waals surface area contributed by atoms with E-state index >= 15 is 0 Å². The molecule has 0 bridgehead atoms. The van der Waals surface area contributed by atoms with Gasteiger partial charge in [-0.25, -0.2) is 4.79 Å². The van der Waals surface area contributed by atoms with Gasteiger partial charge in [0.05, 0.1) is 12.6 Å². The van der Waals surface area contributed by atoms with Crippen molar-refractivity contribution in [3.63, 3.8) is 0 Å². The fourth-order valence-corrected chi connectivity index (χ4v) is 2.75. The molecule has 9 nitrogen and oxygen atoms in total. The molecule has 1 N–H and O–H groups in total. The maximum Gasteiger partial charge on any atom is 0.330 e. The molecule has 1 aromatic rings. The number of carbonyl (C=O) groups excluding carboxylic acids is 1. The molecule has 0 radical (unpaired) electrons. The van der Waals surface area contributed by atoms with Crippen molar-refractivity contribution in [3.8, 4) is 0 Å². The predicted molar refractivity (Wildman–Crippen MR) is 72.8 cm³/mol. The van der Waals surface area contributed by atoms with E-state index in [0.717, 1.165) is 0 Å². The van der Waals surface area contributed by atoms with Crippen LogP contribution in [-0.4, -0.2) is 46.1 Å². The van der Waals surface area contributed by atoms with Gasteiger partial charge in [0.15, 0.2) is 0 Å². The number of nitrogens with zero attached hydrogens (tertiary/aromatic N) is 2. The van der Waals surface area contributed by atoms with Gasteiger partial charge >= 0.3 is 11.7 Å². The normalized spacial score (nSPS) is 28.4. The molecule has 2 aliphatic rings. The fraction of sp³-hybridized carbons (Fsp3) is 0.615. The molecule has 120 valence electrons. The lowest BCUT2D eigenvalue weighted by Crippen LogP contribution is -2.49. The van der Waals surface area contributed by atoms with Crippen LogP contribution in [0, 0.1) is 6.92 Å². The number of aromatic nitrogens is 2. The highest BCUT2D eigenvalue weighted by Crippen LogP contribution is 2.33. The van der Waals surface area contributed by atoms with Crippen molar-refractivity contribution in [1.82, 2.24) is 14.6 Å². The van der Waals surface area contributed by atoms with Gasteiger partial charge in [-0.2, -0.15) is 0 Å². The molecule has 9 heteroatoms. The van der Waals surface area contributed by atoms with Crippen LogP contribution in [0.5, 0.6) is 0 Å². The van der Waals surface area contributed by atoms with E-state index in [2.05, 4.69) is 4.98 Å². The Balaban J connectivity index is 1.84. The van der Waals surface area contributed by atoms with Crippen LogP contribution in [0.25, 0.3) is 0 Å². The molecule has 0 saturated carbocycles. The number of rotatable bonds is 2. The van der Waals surface area contributed by atoms with E-state index in [1.807, 2.05) is 0 Å². The maximum absolute atomic E-state index is 11.9. The summed E-state index contributed by atoms with van der Waals surface area (Å²) in [5.41, 5.74) is -0.521. The zero-order valence-electron chi connectivity index (χ0n) is 12.3. The van der Waals surface area contributed by atoms with E-state index in [1.54, 1.807) is 6.92 Å². The Morgan fingerprint density at radius 1 is 1.45 bits per heavy atom. The Hall–Kier alpha value is -1.97. The first-order valence-corrected chi connectivity index (χ1v) is 6.96. The molecule has 3 atom stereocenters. The molecule has 0 aliphatic carbocycles. The number of nitrogens with one attached hydrogen (secondary N) is 1. The molecule has 2 saturated heterocycles. The van der Waals surface area contributed by atoms with Crippen molar-refractivity contribution in [2.24, 2.45) is 0 Å². The second kappa shape index (κ2) is 5.67. The number of hydrogen-bond donors (Lipinski definition) is 1. The van der Waals surface area contributed by atoms with Crippen LogP contribution < -0.4 is 11.2 Å². The van der Waals surface area contributed by atoms with Crippen molar-refractivity contribution in [3.05, 3.63) is 32.6 Å². The number of carbonyl (C=O) groups is 1. The van der Waals surface area contributed by atoms with Crippen LogP contribution in [0.4, 0.5) is 0 Å². The average Bonchev–Trinajstić information content (AvgIpc) is 2.87. The van der Waals surface area contributed by atoms with Gasteiger partial charge in [0.25, 0.3) is 5.56 Å². The molecular formula is C13H17N3O6. The standard InChI is InChI=1S/C13H17N3O6/c1-7-4-15(13(19)14-12(7)18)11-3-9-10(21-11)5-20-6-16(9)22-8(2)17/h4,9-11H,3,5-6H2,1-2H3,(H,14,18,19)/t9-,10+,11+/m0/s1. The van der Waals surface area contributed by atoms with Crippen LogP contribution in [0.3, 0.4) is 0 Å². The number of fused-ring (bicyclic) bond motifs is 1. The van der Waals surface area contributed by atoms with Crippen molar-refractivity contribution in [2.75, 3.05) is 13.3 Å². The minimum Gasteiger partial charge on any atom is -0.366 e. The molecule has 0 unspecified atom stereocenters. The van der Waals surface area contributed by atoms with Gasteiger partial charge in [-0.15, -0.1) is 5.06 Å². The molecule has 22 heavy (non-hydrogen) atoms. The molecule has 1 aromatic heterocycles. The van der Waals surface area contributed by atoms with Crippen molar-refractivity contribution >= 4 is 5.97 Å². The lowest BCUT2D eigenvalue weighted by atomic mass is 10.1. The summed E-state index contributed by atoms with van der Waals surface area (Å²) in [6.45, 7) is 3.45. The summed E-state index contributed by atoms with van der Waals surface area (Å²) in [5, 5.41) is 1.43. The maximum atomic E-state index is 11.9. The van der Waals surface area contributed by atoms with Crippen LogP contribution in [0.15, 0.2) is 15.8 Å². The van der Waals surface area contributed by atoms with E-state index in [1.165, 1.54) is 22.8 Å². The summed E-state index contributed by atoms with van der Waals surface area (Å²) >= 11 is 0. The summed E-state index contributed by atoms with van der Waals surface area (Å²) in [6.07, 6.45) is 1.07. The highest BCUT2D eigenvalue weighted by atomic mass is 16.7. The number of aromatic amines is 1. The molecule has 2 fully saturated rings.